The fourth-order valence-electron chi connectivity index (χ4n) is 4.51. The van der Waals surface area contributed by atoms with Crippen molar-refractivity contribution in [1.29, 1.82) is 0 Å². The third kappa shape index (κ3) is 4.24. The summed E-state index contributed by atoms with van der Waals surface area (Å²) in [4.78, 5) is 40.6. The van der Waals surface area contributed by atoms with Crippen LogP contribution in [0.1, 0.15) is 47.7 Å². The average molecular weight is 465 g/mol. The molecule has 0 spiro atoms. The van der Waals surface area contributed by atoms with Gasteiger partial charge in [-0.1, -0.05) is 24.1 Å². The molecular weight excluding hydrogens is 440 g/mol. The maximum Gasteiger partial charge on any atom is 0.299 e. The Morgan fingerprint density at radius 2 is 1.94 bits per heavy atom. The Morgan fingerprint density at radius 3 is 2.69 bits per heavy atom. The monoisotopic (exact) mass is 464 g/mol. The third-order valence-electron chi connectivity index (χ3n) is 6.12. The number of nitrogens with zero attached hydrogens (tertiary/aromatic N) is 5. The van der Waals surface area contributed by atoms with Gasteiger partial charge in [0.15, 0.2) is 0 Å². The molecule has 3 aromatic heterocycles. The number of rotatable bonds is 4. The summed E-state index contributed by atoms with van der Waals surface area (Å²) in [5.74, 6) is 6.26. The second-order valence-corrected chi connectivity index (χ2v) is 8.37. The predicted molar refractivity (Wildman–Crippen MR) is 132 cm³/mol. The Labute approximate surface area is 203 Å². The van der Waals surface area contributed by atoms with Gasteiger partial charge in [-0.3, -0.25) is 19.0 Å². The lowest BCUT2D eigenvalue weighted by molar-refractivity contribution is -0.126. The Balaban J connectivity index is 1.50. The van der Waals surface area contributed by atoms with Crippen molar-refractivity contribution in [2.75, 3.05) is 11.9 Å². The number of nitrogens with one attached hydrogen (secondary N) is 1. The first kappa shape index (κ1) is 22.3. The molecule has 174 valence electrons. The predicted octanol–water partition coefficient (Wildman–Crippen LogP) is 4.04. The molecule has 0 saturated carbocycles. The summed E-state index contributed by atoms with van der Waals surface area (Å²) >= 11 is 0. The number of pyridine rings is 1. The molecule has 8 heteroatoms. The maximum absolute atomic E-state index is 12.6. The van der Waals surface area contributed by atoms with Crippen LogP contribution >= 0.6 is 0 Å². The molecule has 8 nitrogen and oxygen atoms in total. The van der Waals surface area contributed by atoms with Crippen LogP contribution in [0, 0.1) is 18.8 Å². The van der Waals surface area contributed by atoms with E-state index in [1.54, 1.807) is 54.7 Å². The molecule has 0 aliphatic carbocycles. The van der Waals surface area contributed by atoms with Crippen molar-refractivity contribution < 1.29 is 9.59 Å². The molecule has 1 N–H and O–H groups in total. The highest BCUT2D eigenvalue weighted by Gasteiger charge is 2.33. The van der Waals surface area contributed by atoms with Gasteiger partial charge in [-0.25, -0.2) is 9.97 Å². The van der Waals surface area contributed by atoms with Crippen molar-refractivity contribution in [2.45, 2.75) is 32.7 Å². The van der Waals surface area contributed by atoms with Gasteiger partial charge in [-0.2, -0.15) is 0 Å². The van der Waals surface area contributed by atoms with Crippen LogP contribution in [-0.2, 0) is 4.79 Å². The molecule has 35 heavy (non-hydrogen) atoms. The van der Waals surface area contributed by atoms with Crippen molar-refractivity contribution in [3.05, 3.63) is 78.1 Å². The second-order valence-electron chi connectivity index (χ2n) is 8.37. The molecular formula is C27H24N6O2. The van der Waals surface area contributed by atoms with E-state index >= 15 is 0 Å². The number of aromatic nitrogens is 4. The smallest absolute Gasteiger partial charge is 0.299 e. The van der Waals surface area contributed by atoms with E-state index in [0.717, 1.165) is 41.1 Å². The minimum Gasteiger partial charge on any atom is -0.322 e. The number of aryl methyl sites for hydroxylation is 1. The zero-order valence-corrected chi connectivity index (χ0v) is 19.5. The van der Waals surface area contributed by atoms with Gasteiger partial charge in [-0.05, 0) is 56.9 Å². The lowest BCUT2D eigenvalue weighted by Crippen LogP contribution is -2.30. The summed E-state index contributed by atoms with van der Waals surface area (Å²) < 4.78 is 2.07. The van der Waals surface area contributed by atoms with Gasteiger partial charge >= 0.3 is 0 Å². The Bertz CT molecular complexity index is 1460. The molecule has 1 atom stereocenters. The molecule has 5 rings (SSSR count). The second kappa shape index (κ2) is 9.39. The van der Waals surface area contributed by atoms with Crippen molar-refractivity contribution in [2.24, 2.45) is 0 Å². The molecule has 0 unspecified atom stereocenters. The Kier molecular flexibility index (Phi) is 5.98. The highest BCUT2D eigenvalue weighted by atomic mass is 16.2. The molecule has 4 aromatic rings. The number of carbonyl (C=O) groups excluding carboxylic acids is 2. The van der Waals surface area contributed by atoms with E-state index in [4.69, 9.17) is 4.98 Å². The van der Waals surface area contributed by atoms with E-state index in [1.807, 2.05) is 25.1 Å². The van der Waals surface area contributed by atoms with Crippen LogP contribution in [0.5, 0.6) is 0 Å². The quantitative estimate of drug-likeness (QED) is 0.460. The molecule has 1 fully saturated rings. The number of imidazole rings is 1. The topological polar surface area (TPSA) is 92.5 Å². The third-order valence-corrected chi connectivity index (χ3v) is 6.12. The molecule has 1 aliphatic rings. The summed E-state index contributed by atoms with van der Waals surface area (Å²) in [6.45, 7) is 4.31. The normalized spacial score (nSPS) is 15.0. The number of hydrogen-bond donors (Lipinski definition) is 1. The number of anilines is 1. The number of fused-ring (bicyclic) bond motifs is 1. The van der Waals surface area contributed by atoms with Crippen LogP contribution in [0.25, 0.3) is 16.8 Å². The van der Waals surface area contributed by atoms with Crippen molar-refractivity contribution in [3.8, 4) is 23.1 Å². The standard InChI is InChI=1S/C27H24N6O2/c1-3-7-24(34)32-15-6-8-21(32)26-31-25(22-17-28-16-18(2)33(22)26)19-10-12-20(13-11-19)27(35)30-23-9-4-5-14-29-23/h4-5,9-14,16-17,21H,6,8,15H2,1-2H3,(H,29,30,35)/t21-/m0/s1. The molecule has 4 heterocycles. The lowest BCUT2D eigenvalue weighted by Gasteiger charge is -2.22. The van der Waals surface area contributed by atoms with E-state index in [2.05, 4.69) is 31.5 Å². The van der Waals surface area contributed by atoms with Crippen LogP contribution < -0.4 is 5.32 Å². The average Bonchev–Trinajstić information content (AvgIpc) is 3.51. The van der Waals surface area contributed by atoms with Crippen LogP contribution in [0.2, 0.25) is 0 Å². The van der Waals surface area contributed by atoms with E-state index in [9.17, 15) is 9.59 Å². The van der Waals surface area contributed by atoms with Crippen LogP contribution in [0.15, 0.2) is 61.1 Å². The molecule has 1 aliphatic heterocycles. The highest BCUT2D eigenvalue weighted by molar-refractivity contribution is 6.04. The summed E-state index contributed by atoms with van der Waals surface area (Å²) in [6.07, 6.45) is 6.93. The lowest BCUT2D eigenvalue weighted by atomic mass is 10.1. The largest absolute Gasteiger partial charge is 0.322 e. The Hall–Kier alpha value is -4.51. The van der Waals surface area contributed by atoms with Gasteiger partial charge in [-0.15, -0.1) is 0 Å². The number of likely N-dealkylation sites (tertiary alicyclic amines) is 1. The van der Waals surface area contributed by atoms with Crippen LogP contribution in [0.4, 0.5) is 5.82 Å². The number of carbonyl (C=O) groups is 2. The van der Waals surface area contributed by atoms with Gasteiger partial charge < -0.3 is 10.2 Å². The minimum atomic E-state index is -0.236. The molecule has 0 radical (unpaired) electrons. The maximum atomic E-state index is 12.6. The first-order valence-corrected chi connectivity index (χ1v) is 11.5. The van der Waals surface area contributed by atoms with Gasteiger partial charge in [0, 0.05) is 35.8 Å². The fourth-order valence-corrected chi connectivity index (χ4v) is 4.51. The van der Waals surface area contributed by atoms with E-state index in [0.29, 0.717) is 17.9 Å². The van der Waals surface area contributed by atoms with Gasteiger partial charge in [0.05, 0.1) is 23.4 Å². The number of benzene rings is 1. The summed E-state index contributed by atoms with van der Waals surface area (Å²) in [6, 6.07) is 12.5. The van der Waals surface area contributed by atoms with E-state index < -0.39 is 0 Å². The number of hydrogen-bond acceptors (Lipinski definition) is 5. The summed E-state index contributed by atoms with van der Waals surface area (Å²) in [7, 11) is 0. The van der Waals surface area contributed by atoms with Gasteiger partial charge in [0.1, 0.15) is 11.6 Å². The highest BCUT2D eigenvalue weighted by Crippen LogP contribution is 2.35. The zero-order chi connectivity index (χ0) is 24.4. The van der Waals surface area contributed by atoms with Crippen LogP contribution in [0.3, 0.4) is 0 Å². The van der Waals surface area contributed by atoms with Crippen molar-refractivity contribution in [1.82, 2.24) is 24.3 Å². The minimum absolute atomic E-state index is 0.158. The van der Waals surface area contributed by atoms with Crippen LogP contribution in [-0.4, -0.2) is 42.6 Å². The fraction of sp³-hybridized carbons (Fsp3) is 0.222. The van der Waals surface area contributed by atoms with Crippen molar-refractivity contribution in [3.63, 3.8) is 0 Å². The first-order valence-electron chi connectivity index (χ1n) is 11.5. The molecule has 1 aromatic carbocycles. The number of amides is 2. The SMILES string of the molecule is CC#CC(=O)N1CCC[C@H]1c1nc(-c2ccc(C(=O)Nc3ccccn3)cc2)c2cncc(C)n12. The van der Waals surface area contributed by atoms with E-state index in [1.165, 1.54) is 0 Å². The van der Waals surface area contributed by atoms with Gasteiger partial charge in [0.2, 0.25) is 0 Å². The molecule has 2 amide bonds. The Morgan fingerprint density at radius 1 is 1.11 bits per heavy atom. The molecule has 1 saturated heterocycles. The van der Waals surface area contributed by atoms with Crippen molar-refractivity contribution >= 4 is 23.1 Å². The van der Waals surface area contributed by atoms with E-state index in [-0.39, 0.29) is 17.9 Å². The van der Waals surface area contributed by atoms with Gasteiger partial charge in [0.25, 0.3) is 11.8 Å². The summed E-state index contributed by atoms with van der Waals surface area (Å²) in [5, 5.41) is 2.79. The zero-order valence-electron chi connectivity index (χ0n) is 19.5. The molecule has 0 bridgehead atoms. The first-order chi connectivity index (χ1) is 17.1. The summed E-state index contributed by atoms with van der Waals surface area (Å²) in [5.41, 5.74) is 3.92.